The van der Waals surface area contributed by atoms with E-state index in [1.54, 1.807) is 38.3 Å². The molecule has 0 saturated heterocycles. The number of benzene rings is 2. The molecule has 0 radical (unpaired) electrons. The van der Waals surface area contributed by atoms with Gasteiger partial charge in [-0.2, -0.15) is 0 Å². The van der Waals surface area contributed by atoms with E-state index < -0.39 is 12.1 Å². The Balaban J connectivity index is 1.90. The number of aromatic hydroxyl groups is 1. The summed E-state index contributed by atoms with van der Waals surface area (Å²) in [6, 6.07) is 10.6. The molecule has 0 unspecified atom stereocenters. The number of aryl methyl sites for hydroxylation is 1. The minimum absolute atomic E-state index is 0.000313. The lowest BCUT2D eigenvalue weighted by Gasteiger charge is -2.09. The standard InChI is InChI=1S/C19H17F3N4O3S/c1-3-26-15-9-8-13(29-19(20,21)22)10-14(15)16(17(26)27)24-25-18(30)23-11-4-6-12(28-2)7-5-11/h4-10,27H,3H2,1-2H3,(H,23,30). The van der Waals surface area contributed by atoms with E-state index in [2.05, 4.69) is 20.3 Å². The molecule has 0 aliphatic heterocycles. The highest BCUT2D eigenvalue weighted by Gasteiger charge is 2.31. The van der Waals surface area contributed by atoms with Crippen molar-refractivity contribution in [2.24, 2.45) is 10.2 Å². The summed E-state index contributed by atoms with van der Waals surface area (Å²) >= 11 is 5.13. The first kappa shape index (κ1) is 21.4. The van der Waals surface area contributed by atoms with E-state index in [-0.39, 0.29) is 22.1 Å². The zero-order chi connectivity index (χ0) is 21.9. The summed E-state index contributed by atoms with van der Waals surface area (Å²) in [5.41, 5.74) is 1.10. The average molecular weight is 438 g/mol. The summed E-state index contributed by atoms with van der Waals surface area (Å²) in [7, 11) is 1.55. The van der Waals surface area contributed by atoms with Crippen LogP contribution < -0.4 is 14.8 Å². The molecule has 158 valence electrons. The Morgan fingerprint density at radius 2 is 1.83 bits per heavy atom. The fourth-order valence-corrected chi connectivity index (χ4v) is 3.00. The molecule has 1 aromatic heterocycles. The Morgan fingerprint density at radius 3 is 2.43 bits per heavy atom. The Kier molecular flexibility index (Phi) is 6.11. The summed E-state index contributed by atoms with van der Waals surface area (Å²) in [6.07, 6.45) is -4.84. The predicted octanol–water partition coefficient (Wildman–Crippen LogP) is 5.75. The molecule has 30 heavy (non-hydrogen) atoms. The number of anilines is 1. The van der Waals surface area contributed by atoms with Gasteiger partial charge in [0.25, 0.3) is 0 Å². The molecule has 7 nitrogen and oxygen atoms in total. The lowest BCUT2D eigenvalue weighted by atomic mass is 10.2. The van der Waals surface area contributed by atoms with Gasteiger partial charge in [0, 0.05) is 17.6 Å². The number of ether oxygens (including phenoxy) is 2. The molecule has 0 saturated carbocycles. The molecule has 0 fully saturated rings. The highest BCUT2D eigenvalue weighted by molar-refractivity contribution is 7.80. The Hall–Kier alpha value is -3.34. The average Bonchev–Trinajstić information content (AvgIpc) is 2.95. The van der Waals surface area contributed by atoms with Crippen molar-refractivity contribution in [2.75, 3.05) is 12.4 Å². The second kappa shape index (κ2) is 8.57. The van der Waals surface area contributed by atoms with Crippen LogP contribution in [-0.2, 0) is 6.54 Å². The number of hydrogen-bond acceptors (Lipinski definition) is 5. The predicted molar refractivity (Wildman–Crippen MR) is 110 cm³/mol. The number of alkyl halides is 3. The topological polar surface area (TPSA) is 80.4 Å². The van der Waals surface area contributed by atoms with Crippen molar-refractivity contribution < 1.29 is 27.8 Å². The Labute approximate surface area is 174 Å². The van der Waals surface area contributed by atoms with Crippen molar-refractivity contribution in [3.05, 3.63) is 42.5 Å². The number of aromatic nitrogens is 1. The van der Waals surface area contributed by atoms with Crippen molar-refractivity contribution in [1.29, 1.82) is 0 Å². The number of azo groups is 1. The molecule has 0 aliphatic rings. The number of rotatable bonds is 5. The molecule has 3 aromatic rings. The van der Waals surface area contributed by atoms with Gasteiger partial charge in [-0.1, -0.05) is 0 Å². The third-order valence-electron chi connectivity index (χ3n) is 4.11. The maximum absolute atomic E-state index is 12.5. The molecule has 0 bridgehead atoms. The normalized spacial score (nSPS) is 11.8. The Morgan fingerprint density at radius 1 is 1.17 bits per heavy atom. The van der Waals surface area contributed by atoms with E-state index in [0.29, 0.717) is 23.5 Å². The van der Waals surface area contributed by atoms with E-state index in [0.717, 1.165) is 12.1 Å². The molecule has 11 heteroatoms. The molecule has 0 aliphatic carbocycles. The van der Waals surface area contributed by atoms with E-state index in [4.69, 9.17) is 17.0 Å². The minimum Gasteiger partial charge on any atom is -0.497 e. The zero-order valence-corrected chi connectivity index (χ0v) is 16.7. The maximum atomic E-state index is 12.5. The largest absolute Gasteiger partial charge is 0.573 e. The third-order valence-corrected chi connectivity index (χ3v) is 4.30. The summed E-state index contributed by atoms with van der Waals surface area (Å²) in [5.74, 6) is -0.00596. The summed E-state index contributed by atoms with van der Waals surface area (Å²) < 4.78 is 48.2. The van der Waals surface area contributed by atoms with Crippen molar-refractivity contribution >= 4 is 39.6 Å². The van der Waals surface area contributed by atoms with Crippen LogP contribution in [0.3, 0.4) is 0 Å². The van der Waals surface area contributed by atoms with Crippen LogP contribution in [0.15, 0.2) is 52.7 Å². The highest BCUT2D eigenvalue weighted by Crippen LogP contribution is 2.41. The first-order valence-corrected chi connectivity index (χ1v) is 9.10. The van der Waals surface area contributed by atoms with Gasteiger partial charge in [0.1, 0.15) is 11.5 Å². The van der Waals surface area contributed by atoms with Gasteiger partial charge in [-0.15, -0.1) is 23.4 Å². The quantitative estimate of drug-likeness (QED) is 0.391. The van der Waals surface area contributed by atoms with Crippen LogP contribution in [-0.4, -0.2) is 28.3 Å². The number of methoxy groups -OCH3 is 1. The van der Waals surface area contributed by atoms with Gasteiger partial charge >= 0.3 is 6.36 Å². The zero-order valence-electron chi connectivity index (χ0n) is 15.9. The van der Waals surface area contributed by atoms with E-state index in [1.165, 1.54) is 10.6 Å². The van der Waals surface area contributed by atoms with Crippen LogP contribution in [0.4, 0.5) is 24.5 Å². The molecule has 0 spiro atoms. The van der Waals surface area contributed by atoms with Crippen LogP contribution in [0.5, 0.6) is 17.4 Å². The maximum Gasteiger partial charge on any atom is 0.573 e. The highest BCUT2D eigenvalue weighted by atomic mass is 32.1. The van der Waals surface area contributed by atoms with E-state index >= 15 is 0 Å². The van der Waals surface area contributed by atoms with Gasteiger partial charge in [-0.3, -0.25) is 0 Å². The molecule has 0 amide bonds. The van der Waals surface area contributed by atoms with Crippen LogP contribution in [0.25, 0.3) is 10.9 Å². The molecule has 3 rings (SSSR count). The van der Waals surface area contributed by atoms with E-state index in [1.807, 2.05) is 0 Å². The lowest BCUT2D eigenvalue weighted by molar-refractivity contribution is -0.274. The smallest absolute Gasteiger partial charge is 0.497 e. The summed E-state index contributed by atoms with van der Waals surface area (Å²) in [5, 5.41) is 21.4. The van der Waals surface area contributed by atoms with Gasteiger partial charge in [-0.25, -0.2) is 0 Å². The number of halogens is 3. The molecule has 2 aromatic carbocycles. The number of nitrogens with one attached hydrogen (secondary N) is 1. The minimum atomic E-state index is -4.84. The first-order valence-electron chi connectivity index (χ1n) is 8.69. The molecular formula is C19H17F3N4O3S. The molecular weight excluding hydrogens is 421 g/mol. The summed E-state index contributed by atoms with van der Waals surface area (Å²) in [6.45, 7) is 2.14. The van der Waals surface area contributed by atoms with Crippen LogP contribution in [0.2, 0.25) is 0 Å². The molecule has 0 atom stereocenters. The van der Waals surface area contributed by atoms with Crippen molar-refractivity contribution in [3.63, 3.8) is 0 Å². The van der Waals surface area contributed by atoms with Gasteiger partial charge < -0.3 is 24.5 Å². The monoisotopic (exact) mass is 438 g/mol. The molecule has 1 heterocycles. The molecule has 2 N–H and O–H groups in total. The number of fused-ring (bicyclic) bond motifs is 1. The van der Waals surface area contributed by atoms with Crippen molar-refractivity contribution in [3.8, 4) is 17.4 Å². The first-order chi connectivity index (χ1) is 14.2. The van der Waals surface area contributed by atoms with Gasteiger partial charge in [0.2, 0.25) is 11.0 Å². The van der Waals surface area contributed by atoms with Crippen LogP contribution in [0.1, 0.15) is 6.92 Å². The second-order valence-electron chi connectivity index (χ2n) is 6.00. The second-order valence-corrected chi connectivity index (χ2v) is 6.39. The van der Waals surface area contributed by atoms with Gasteiger partial charge in [-0.05, 0) is 61.6 Å². The van der Waals surface area contributed by atoms with Crippen molar-refractivity contribution in [1.82, 2.24) is 4.57 Å². The van der Waals surface area contributed by atoms with Crippen molar-refractivity contribution in [2.45, 2.75) is 19.8 Å². The van der Waals surface area contributed by atoms with Crippen LogP contribution in [0, 0.1) is 0 Å². The Bertz CT molecular complexity index is 1100. The number of nitrogens with zero attached hydrogens (tertiary/aromatic N) is 3. The fourth-order valence-electron chi connectivity index (χ4n) is 2.84. The fraction of sp³-hybridized carbons (Fsp3) is 0.211. The number of thiocarbonyl (C=S) groups is 1. The number of hydrogen-bond donors (Lipinski definition) is 2. The van der Waals surface area contributed by atoms with Gasteiger partial charge in [0.15, 0.2) is 5.69 Å². The SMILES string of the molecule is CCn1c(O)c(N=NC(=S)Nc2ccc(OC)cc2)c2cc(OC(F)(F)F)ccc21. The summed E-state index contributed by atoms with van der Waals surface area (Å²) in [4.78, 5) is 0. The lowest BCUT2D eigenvalue weighted by Crippen LogP contribution is -2.16. The van der Waals surface area contributed by atoms with E-state index in [9.17, 15) is 18.3 Å². The van der Waals surface area contributed by atoms with Crippen LogP contribution >= 0.6 is 12.2 Å². The third kappa shape index (κ3) is 4.79. The van der Waals surface area contributed by atoms with Gasteiger partial charge in [0.05, 0.1) is 12.6 Å².